The van der Waals surface area contributed by atoms with Gasteiger partial charge in [0.25, 0.3) is 0 Å². The van der Waals surface area contributed by atoms with E-state index in [1.54, 1.807) is 0 Å². The second-order valence-electron chi connectivity index (χ2n) is 6.36. The van der Waals surface area contributed by atoms with Gasteiger partial charge in [-0.3, -0.25) is 0 Å². The topological polar surface area (TPSA) is 52.6 Å². The van der Waals surface area contributed by atoms with Crippen LogP contribution in [0.2, 0.25) is 0 Å². The van der Waals surface area contributed by atoms with Crippen LogP contribution in [0.1, 0.15) is 49.7 Å². The first-order valence-electron chi connectivity index (χ1n) is 8.33. The zero-order chi connectivity index (χ0) is 15.9. The maximum absolute atomic E-state index is 12.4. The van der Waals surface area contributed by atoms with Crippen molar-refractivity contribution in [3.8, 4) is 0 Å². The zero-order valence-corrected chi connectivity index (χ0v) is 13.7. The number of urea groups is 1. The van der Waals surface area contributed by atoms with Crippen molar-refractivity contribution in [1.29, 1.82) is 0 Å². The van der Waals surface area contributed by atoms with Gasteiger partial charge in [0.05, 0.1) is 0 Å². The molecule has 0 spiro atoms. The third-order valence-corrected chi connectivity index (χ3v) is 4.52. The molecule has 122 valence electrons. The third-order valence-electron chi connectivity index (χ3n) is 4.52. The monoisotopic (exact) mass is 304 g/mol. The second kappa shape index (κ2) is 8.18. The highest BCUT2D eigenvalue weighted by Gasteiger charge is 2.26. The predicted octanol–water partition coefficient (Wildman–Crippen LogP) is 3.05. The molecule has 4 nitrogen and oxygen atoms in total. The normalized spacial score (nSPS) is 19.8. The number of carbonyl (C=O) groups is 1. The van der Waals surface area contributed by atoms with E-state index in [1.165, 1.54) is 11.1 Å². The molecule has 0 radical (unpaired) electrons. The van der Waals surface area contributed by atoms with Crippen molar-refractivity contribution in [3.63, 3.8) is 0 Å². The number of aliphatic hydroxyl groups excluding tert-OH is 1. The second-order valence-corrected chi connectivity index (χ2v) is 6.36. The van der Waals surface area contributed by atoms with Crippen LogP contribution in [0.25, 0.3) is 0 Å². The number of nitrogens with one attached hydrogen (secondary N) is 1. The van der Waals surface area contributed by atoms with Gasteiger partial charge in [-0.2, -0.15) is 0 Å². The van der Waals surface area contributed by atoms with Crippen molar-refractivity contribution in [2.45, 2.75) is 51.5 Å². The molecule has 1 aliphatic heterocycles. The van der Waals surface area contributed by atoms with Gasteiger partial charge in [-0.1, -0.05) is 36.8 Å². The molecule has 1 aromatic carbocycles. The van der Waals surface area contributed by atoms with Gasteiger partial charge in [0.1, 0.15) is 0 Å². The maximum atomic E-state index is 12.4. The molecule has 1 fully saturated rings. The van der Waals surface area contributed by atoms with E-state index in [0.29, 0.717) is 18.9 Å². The van der Waals surface area contributed by atoms with Crippen LogP contribution < -0.4 is 5.32 Å². The molecular formula is C18H28N2O2. The van der Waals surface area contributed by atoms with E-state index in [-0.39, 0.29) is 18.7 Å². The van der Waals surface area contributed by atoms with Gasteiger partial charge in [0.2, 0.25) is 0 Å². The highest BCUT2D eigenvalue weighted by Crippen LogP contribution is 2.20. The molecule has 2 unspecified atom stereocenters. The molecule has 2 amide bonds. The largest absolute Gasteiger partial charge is 0.396 e. The van der Waals surface area contributed by atoms with E-state index in [9.17, 15) is 4.79 Å². The lowest BCUT2D eigenvalue weighted by Crippen LogP contribution is -2.49. The van der Waals surface area contributed by atoms with Crippen molar-refractivity contribution in [2.24, 2.45) is 0 Å². The number of aryl methyl sites for hydroxylation is 1. The summed E-state index contributed by atoms with van der Waals surface area (Å²) in [5.74, 6) is 0.296. The summed E-state index contributed by atoms with van der Waals surface area (Å²) in [6, 6.07) is 8.63. The van der Waals surface area contributed by atoms with Gasteiger partial charge >= 0.3 is 6.03 Å². The van der Waals surface area contributed by atoms with Gasteiger partial charge < -0.3 is 15.3 Å². The number of benzene rings is 1. The summed E-state index contributed by atoms with van der Waals surface area (Å²) in [4.78, 5) is 14.3. The first kappa shape index (κ1) is 16.8. The van der Waals surface area contributed by atoms with Crippen molar-refractivity contribution >= 4 is 6.03 Å². The molecule has 1 aromatic rings. The van der Waals surface area contributed by atoms with E-state index in [0.717, 1.165) is 25.8 Å². The SMILES string of the molecule is Cc1cccc(C(C)CNC(=O)N2CCCCC2CCO)c1. The Balaban J connectivity index is 1.88. The lowest BCUT2D eigenvalue weighted by molar-refractivity contribution is 0.131. The Morgan fingerprint density at radius 3 is 3.00 bits per heavy atom. The van der Waals surface area contributed by atoms with Gasteiger partial charge in [-0.25, -0.2) is 4.79 Å². The fourth-order valence-electron chi connectivity index (χ4n) is 3.15. The molecule has 2 rings (SSSR count). The number of hydrogen-bond acceptors (Lipinski definition) is 2. The number of hydrogen-bond donors (Lipinski definition) is 2. The number of carbonyl (C=O) groups excluding carboxylic acids is 1. The minimum Gasteiger partial charge on any atom is -0.396 e. The van der Waals surface area contributed by atoms with Gasteiger partial charge in [0.15, 0.2) is 0 Å². The van der Waals surface area contributed by atoms with Crippen LogP contribution in [0.5, 0.6) is 0 Å². The zero-order valence-electron chi connectivity index (χ0n) is 13.7. The Morgan fingerprint density at radius 1 is 1.45 bits per heavy atom. The van der Waals surface area contributed by atoms with E-state index in [2.05, 4.69) is 43.4 Å². The smallest absolute Gasteiger partial charge is 0.317 e. The van der Waals surface area contributed by atoms with Crippen molar-refractivity contribution in [3.05, 3.63) is 35.4 Å². The Morgan fingerprint density at radius 2 is 2.27 bits per heavy atom. The molecule has 22 heavy (non-hydrogen) atoms. The van der Waals surface area contributed by atoms with Gasteiger partial charge in [-0.15, -0.1) is 0 Å². The summed E-state index contributed by atoms with van der Waals surface area (Å²) in [5.41, 5.74) is 2.50. The average molecular weight is 304 g/mol. The predicted molar refractivity (Wildman–Crippen MR) is 89.0 cm³/mol. The standard InChI is InChI=1S/C18H28N2O2/c1-14-6-5-7-16(12-14)15(2)13-19-18(22)20-10-4-3-8-17(20)9-11-21/h5-7,12,15,17,21H,3-4,8-11,13H2,1-2H3,(H,19,22). The number of likely N-dealkylation sites (tertiary alicyclic amines) is 1. The van der Waals surface area contributed by atoms with Crippen LogP contribution in [-0.2, 0) is 0 Å². The first-order chi connectivity index (χ1) is 10.6. The van der Waals surface area contributed by atoms with E-state index >= 15 is 0 Å². The fourth-order valence-corrected chi connectivity index (χ4v) is 3.15. The molecule has 2 atom stereocenters. The van der Waals surface area contributed by atoms with Crippen LogP contribution in [-0.4, -0.2) is 41.8 Å². The lowest BCUT2D eigenvalue weighted by atomic mass is 9.99. The first-order valence-corrected chi connectivity index (χ1v) is 8.33. The summed E-state index contributed by atoms with van der Waals surface area (Å²) in [6.07, 6.45) is 3.89. The summed E-state index contributed by atoms with van der Waals surface area (Å²) in [5, 5.41) is 12.2. The molecule has 1 saturated heterocycles. The Labute approximate surface area is 133 Å². The van der Waals surface area contributed by atoms with E-state index in [4.69, 9.17) is 5.11 Å². The summed E-state index contributed by atoms with van der Waals surface area (Å²) in [6.45, 7) is 5.81. The highest BCUT2D eigenvalue weighted by molar-refractivity contribution is 5.74. The van der Waals surface area contributed by atoms with Gasteiger partial charge in [0, 0.05) is 25.7 Å². The van der Waals surface area contributed by atoms with Crippen LogP contribution in [0, 0.1) is 6.92 Å². The Hall–Kier alpha value is -1.55. The molecule has 4 heteroatoms. The van der Waals surface area contributed by atoms with Crippen LogP contribution >= 0.6 is 0 Å². The van der Waals surface area contributed by atoms with Crippen LogP contribution in [0.3, 0.4) is 0 Å². The molecule has 0 bridgehead atoms. The van der Waals surface area contributed by atoms with Crippen molar-refractivity contribution in [1.82, 2.24) is 10.2 Å². The quantitative estimate of drug-likeness (QED) is 0.878. The molecular weight excluding hydrogens is 276 g/mol. The van der Waals surface area contributed by atoms with Crippen molar-refractivity contribution in [2.75, 3.05) is 19.7 Å². The summed E-state index contributed by atoms with van der Waals surface area (Å²) < 4.78 is 0. The molecule has 0 aliphatic carbocycles. The molecule has 1 heterocycles. The van der Waals surface area contributed by atoms with Gasteiger partial charge in [-0.05, 0) is 44.1 Å². The molecule has 2 N–H and O–H groups in total. The number of nitrogens with zero attached hydrogens (tertiary/aromatic N) is 1. The number of rotatable bonds is 5. The summed E-state index contributed by atoms with van der Waals surface area (Å²) in [7, 11) is 0. The lowest BCUT2D eigenvalue weighted by Gasteiger charge is -2.35. The molecule has 0 saturated carbocycles. The molecule has 0 aromatic heterocycles. The Kier molecular flexibility index (Phi) is 6.25. The third kappa shape index (κ3) is 4.47. The number of aliphatic hydroxyl groups is 1. The van der Waals surface area contributed by atoms with Crippen LogP contribution in [0.4, 0.5) is 4.79 Å². The molecule has 1 aliphatic rings. The Bertz CT molecular complexity index is 488. The minimum absolute atomic E-state index is 0.0117. The van der Waals surface area contributed by atoms with E-state index < -0.39 is 0 Å². The number of amides is 2. The maximum Gasteiger partial charge on any atom is 0.317 e. The van der Waals surface area contributed by atoms with Crippen molar-refractivity contribution < 1.29 is 9.90 Å². The average Bonchev–Trinajstić information content (AvgIpc) is 2.53. The highest BCUT2D eigenvalue weighted by atomic mass is 16.3. The number of piperidine rings is 1. The fraction of sp³-hybridized carbons (Fsp3) is 0.611. The van der Waals surface area contributed by atoms with E-state index in [1.807, 2.05) is 4.90 Å². The summed E-state index contributed by atoms with van der Waals surface area (Å²) >= 11 is 0. The minimum atomic E-state index is 0.0117. The van der Waals surface area contributed by atoms with Crippen LogP contribution in [0.15, 0.2) is 24.3 Å².